The van der Waals surface area contributed by atoms with E-state index in [-0.39, 0.29) is 0 Å². The molecule has 0 atom stereocenters. The molecule has 2 aromatic rings. The standard InChI is InChI=1S/C22H24N4S4/c1-23-17-7-15-27-21(17)29-19(23)5-3-9-25-11-13-26(14-12-25)10-4-6-20-24(2)18-8-16-28-22(18)30-20/h3-10,15-16H,11-14H2,1-2H3. The maximum atomic E-state index is 2.41. The van der Waals surface area contributed by atoms with E-state index in [9.17, 15) is 0 Å². The summed E-state index contributed by atoms with van der Waals surface area (Å²) in [5, 5.41) is 6.92. The third kappa shape index (κ3) is 4.06. The molecule has 3 aliphatic heterocycles. The van der Waals surface area contributed by atoms with Crippen molar-refractivity contribution in [3.63, 3.8) is 0 Å². The first kappa shape index (κ1) is 20.2. The number of thioether (sulfide) groups is 2. The Morgan fingerprint density at radius 1 is 0.700 bits per heavy atom. The fraction of sp³-hybridized carbons (Fsp3) is 0.273. The molecule has 0 radical (unpaired) electrons. The summed E-state index contributed by atoms with van der Waals surface area (Å²) in [5.74, 6) is 0. The van der Waals surface area contributed by atoms with Crippen molar-refractivity contribution in [1.29, 1.82) is 0 Å². The molecule has 0 spiro atoms. The Morgan fingerprint density at radius 3 is 1.53 bits per heavy atom. The van der Waals surface area contributed by atoms with Crippen molar-refractivity contribution >= 4 is 57.6 Å². The minimum absolute atomic E-state index is 1.06. The van der Waals surface area contributed by atoms with Crippen molar-refractivity contribution in [3.05, 3.63) is 69.7 Å². The maximum absolute atomic E-state index is 2.41. The second-order valence-corrected chi connectivity index (χ2v) is 11.7. The van der Waals surface area contributed by atoms with Gasteiger partial charge in [-0.15, -0.1) is 22.7 Å². The summed E-state index contributed by atoms with van der Waals surface area (Å²) >= 11 is 7.36. The van der Waals surface area contributed by atoms with E-state index in [0.29, 0.717) is 0 Å². The number of anilines is 2. The molecular formula is C22H24N4S4. The zero-order chi connectivity index (χ0) is 20.5. The van der Waals surface area contributed by atoms with E-state index in [2.05, 4.69) is 93.3 Å². The van der Waals surface area contributed by atoms with Gasteiger partial charge in [0.15, 0.2) is 0 Å². The van der Waals surface area contributed by atoms with Gasteiger partial charge in [0, 0.05) is 40.3 Å². The Labute approximate surface area is 194 Å². The maximum Gasteiger partial charge on any atom is 0.0897 e. The van der Waals surface area contributed by atoms with Crippen LogP contribution in [0, 0.1) is 0 Å². The lowest BCUT2D eigenvalue weighted by molar-refractivity contribution is 0.218. The van der Waals surface area contributed by atoms with E-state index < -0.39 is 0 Å². The van der Waals surface area contributed by atoms with E-state index >= 15 is 0 Å². The van der Waals surface area contributed by atoms with Gasteiger partial charge in [0.25, 0.3) is 0 Å². The molecule has 0 bridgehead atoms. The van der Waals surface area contributed by atoms with Gasteiger partial charge >= 0.3 is 0 Å². The number of allylic oxidation sites excluding steroid dienone is 4. The van der Waals surface area contributed by atoms with Crippen molar-refractivity contribution in [3.8, 4) is 0 Å². The van der Waals surface area contributed by atoms with Gasteiger partial charge < -0.3 is 19.6 Å². The predicted octanol–water partition coefficient (Wildman–Crippen LogP) is 5.92. The molecule has 1 fully saturated rings. The molecule has 2 aromatic heterocycles. The monoisotopic (exact) mass is 472 g/mol. The van der Waals surface area contributed by atoms with Crippen LogP contribution in [0.1, 0.15) is 0 Å². The summed E-state index contributed by atoms with van der Waals surface area (Å²) in [7, 11) is 4.29. The Kier molecular flexibility index (Phi) is 5.91. The fourth-order valence-electron chi connectivity index (χ4n) is 3.61. The first-order valence-electron chi connectivity index (χ1n) is 9.92. The van der Waals surface area contributed by atoms with Crippen molar-refractivity contribution < 1.29 is 0 Å². The molecule has 0 saturated carbocycles. The number of nitrogens with zero attached hydrogens (tertiary/aromatic N) is 4. The van der Waals surface area contributed by atoms with Crippen LogP contribution in [0.4, 0.5) is 11.4 Å². The number of hydrogen-bond acceptors (Lipinski definition) is 8. The number of thiophene rings is 2. The van der Waals surface area contributed by atoms with Crippen LogP contribution in [0.25, 0.3) is 0 Å². The third-order valence-corrected chi connectivity index (χ3v) is 9.91. The highest BCUT2D eigenvalue weighted by Crippen LogP contribution is 2.49. The van der Waals surface area contributed by atoms with Crippen LogP contribution < -0.4 is 9.80 Å². The van der Waals surface area contributed by atoms with Crippen molar-refractivity contribution in [2.24, 2.45) is 0 Å². The molecule has 0 amide bonds. The molecule has 8 heteroatoms. The zero-order valence-corrected chi connectivity index (χ0v) is 20.3. The molecule has 0 aromatic carbocycles. The summed E-state index contributed by atoms with van der Waals surface area (Å²) in [5.41, 5.74) is 2.66. The van der Waals surface area contributed by atoms with Crippen LogP contribution in [0.2, 0.25) is 0 Å². The number of hydrogen-bond donors (Lipinski definition) is 0. The SMILES string of the molecule is CN1C(=CC=CN2CCN(C=CC=C3Sc4sccc4N3C)CC2)Sc2sccc21. The highest BCUT2D eigenvalue weighted by molar-refractivity contribution is 8.05. The van der Waals surface area contributed by atoms with Gasteiger partial charge in [0.2, 0.25) is 0 Å². The molecule has 3 aliphatic rings. The Hall–Kier alpha value is -1.74. The first-order valence-corrected chi connectivity index (χ1v) is 13.3. The molecule has 5 rings (SSSR count). The lowest BCUT2D eigenvalue weighted by Gasteiger charge is -2.33. The predicted molar refractivity (Wildman–Crippen MR) is 135 cm³/mol. The van der Waals surface area contributed by atoms with E-state index in [1.54, 1.807) is 0 Å². The van der Waals surface area contributed by atoms with Gasteiger partial charge in [-0.1, -0.05) is 23.5 Å². The molecule has 30 heavy (non-hydrogen) atoms. The second-order valence-electron chi connectivity index (χ2n) is 7.27. The van der Waals surface area contributed by atoms with Crippen LogP contribution >= 0.6 is 46.2 Å². The molecule has 1 saturated heterocycles. The molecule has 4 nitrogen and oxygen atoms in total. The van der Waals surface area contributed by atoms with Crippen LogP contribution in [0.3, 0.4) is 0 Å². The topological polar surface area (TPSA) is 13.0 Å². The largest absolute Gasteiger partial charge is 0.374 e. The zero-order valence-electron chi connectivity index (χ0n) is 17.0. The van der Waals surface area contributed by atoms with Crippen LogP contribution in [0.15, 0.2) is 78.1 Å². The van der Waals surface area contributed by atoms with Crippen LogP contribution in [-0.2, 0) is 0 Å². The molecule has 0 unspecified atom stereocenters. The average Bonchev–Trinajstić information content (AvgIpc) is 3.50. The van der Waals surface area contributed by atoms with E-state index in [1.165, 1.54) is 29.9 Å². The van der Waals surface area contributed by atoms with Crippen LogP contribution in [0.5, 0.6) is 0 Å². The highest BCUT2D eigenvalue weighted by Gasteiger charge is 2.23. The summed E-state index contributed by atoms with van der Waals surface area (Å²) in [6.07, 6.45) is 13.3. The summed E-state index contributed by atoms with van der Waals surface area (Å²) in [6.45, 7) is 4.23. The average molecular weight is 473 g/mol. The van der Waals surface area contributed by atoms with Crippen molar-refractivity contribution in [2.45, 2.75) is 8.42 Å². The van der Waals surface area contributed by atoms with Crippen molar-refractivity contribution in [2.75, 3.05) is 50.1 Å². The smallest absolute Gasteiger partial charge is 0.0897 e. The quantitative estimate of drug-likeness (QED) is 0.544. The number of fused-ring (bicyclic) bond motifs is 2. The lowest BCUT2D eigenvalue weighted by Crippen LogP contribution is -2.41. The van der Waals surface area contributed by atoms with Gasteiger partial charge in [0.1, 0.15) is 0 Å². The third-order valence-electron chi connectivity index (χ3n) is 5.42. The van der Waals surface area contributed by atoms with Gasteiger partial charge in [-0.25, -0.2) is 0 Å². The molecular weight excluding hydrogens is 449 g/mol. The summed E-state index contributed by atoms with van der Waals surface area (Å²) in [4.78, 5) is 9.37. The molecule has 156 valence electrons. The Morgan fingerprint density at radius 2 is 1.13 bits per heavy atom. The Bertz CT molecular complexity index is 941. The van der Waals surface area contributed by atoms with Gasteiger partial charge in [-0.05, 0) is 59.6 Å². The first-order chi connectivity index (χ1) is 14.7. The van der Waals surface area contributed by atoms with Crippen LogP contribution in [-0.4, -0.2) is 50.1 Å². The highest BCUT2D eigenvalue weighted by atomic mass is 32.2. The Balaban J connectivity index is 1.09. The van der Waals surface area contributed by atoms with Crippen molar-refractivity contribution in [1.82, 2.24) is 9.80 Å². The summed E-state index contributed by atoms with van der Waals surface area (Å²) in [6, 6.07) is 4.39. The normalized spacial score (nSPS) is 21.8. The van der Waals surface area contributed by atoms with E-state index in [1.807, 2.05) is 46.2 Å². The minimum Gasteiger partial charge on any atom is -0.374 e. The molecule has 0 N–H and O–H groups in total. The minimum atomic E-state index is 1.06. The van der Waals surface area contributed by atoms with E-state index in [0.717, 1.165) is 26.2 Å². The second kappa shape index (κ2) is 8.78. The lowest BCUT2D eigenvalue weighted by atomic mass is 10.3. The van der Waals surface area contributed by atoms with Gasteiger partial charge in [-0.3, -0.25) is 0 Å². The number of rotatable bonds is 4. The fourth-order valence-corrected chi connectivity index (χ4v) is 7.90. The van der Waals surface area contributed by atoms with Gasteiger partial charge in [0.05, 0.1) is 29.9 Å². The summed E-state index contributed by atoms with van der Waals surface area (Å²) < 4.78 is 2.79. The number of piperazine rings is 1. The molecule has 0 aliphatic carbocycles. The van der Waals surface area contributed by atoms with E-state index in [4.69, 9.17) is 0 Å². The molecule has 5 heterocycles. The van der Waals surface area contributed by atoms with Gasteiger partial charge in [-0.2, -0.15) is 0 Å².